The van der Waals surface area contributed by atoms with E-state index in [0.717, 1.165) is 5.56 Å². The van der Waals surface area contributed by atoms with Gasteiger partial charge in [-0.25, -0.2) is 0 Å². The molecule has 4 aromatic carbocycles. The van der Waals surface area contributed by atoms with Crippen LogP contribution < -0.4 is 31.9 Å². The van der Waals surface area contributed by atoms with Crippen LogP contribution in [0.25, 0.3) is 0 Å². The van der Waals surface area contributed by atoms with Crippen molar-refractivity contribution in [1.82, 2.24) is 51.5 Å². The zero-order chi connectivity index (χ0) is 59.4. The highest BCUT2D eigenvalue weighted by Crippen LogP contribution is 2.29. The topological polar surface area (TPSA) is 256 Å². The Labute approximate surface area is 490 Å². The van der Waals surface area contributed by atoms with Gasteiger partial charge in [-0.05, 0) is 86.5 Å². The summed E-state index contributed by atoms with van der Waals surface area (Å²) in [6.07, 6.45) is 3.12. The lowest BCUT2D eigenvalue weighted by Crippen LogP contribution is -2.61. The number of nitrogens with one attached hydrogen (secondary N) is 6. The number of carbonyl (C=O) groups excluding carboxylic acids is 10. The highest BCUT2D eigenvalue weighted by Gasteiger charge is 2.47. The standard InChI is InChI=1S/C64H78N10O10/c1-40(2)54-64(84)74-35-19-31-53(74)63(83)71-32-16-28-50(71)59(79)65-41(3)55(75)66-46(36-42-20-8-4-9-21-42)57(77)69-49(39-45-26-14-7-15-27-45)61(81)73-34-18-30-52(73)62(82)72-33-17-29-51(72)60(80)68-47(37-43-22-10-5-11-23-43)56(76)67-48(58(78)70-54)38-44-24-12-6-13-25-44/h4-15,20-27,40-41,46-54H,16-19,28-39H2,1-3H3,(H,65,79)(H,66,75)(H,67,76)(H,68,80)(H,69,77)(H,70,78). The first kappa shape index (κ1) is 60.2. The smallest absolute Gasteiger partial charge is 0.246 e. The number of nitrogens with zero attached hydrogens (tertiary/aromatic N) is 4. The van der Waals surface area contributed by atoms with Crippen LogP contribution in [0.15, 0.2) is 121 Å². The third kappa shape index (κ3) is 14.5. The van der Waals surface area contributed by atoms with Crippen molar-refractivity contribution in [2.24, 2.45) is 5.92 Å². The van der Waals surface area contributed by atoms with Crippen LogP contribution in [-0.4, -0.2) is 165 Å². The van der Waals surface area contributed by atoms with Crippen molar-refractivity contribution in [3.05, 3.63) is 144 Å². The summed E-state index contributed by atoms with van der Waals surface area (Å²) in [6, 6.07) is 25.0. The molecule has 0 bridgehead atoms. The first-order valence-electron chi connectivity index (χ1n) is 29.7. The summed E-state index contributed by atoms with van der Waals surface area (Å²) in [5.74, 6) is -6.29. The lowest BCUT2D eigenvalue weighted by molar-refractivity contribution is -0.148. The maximum atomic E-state index is 15.1. The molecule has 10 atom stereocenters. The molecular weight excluding hydrogens is 1070 g/mol. The molecule has 0 aliphatic carbocycles. The molecule has 444 valence electrons. The number of amides is 10. The molecule has 5 fully saturated rings. The van der Waals surface area contributed by atoms with E-state index in [1.165, 1.54) is 26.5 Å². The van der Waals surface area contributed by atoms with Gasteiger partial charge in [-0.15, -0.1) is 0 Å². The Morgan fingerprint density at radius 1 is 0.345 bits per heavy atom. The number of carbonyl (C=O) groups is 10. The van der Waals surface area contributed by atoms with E-state index >= 15 is 4.79 Å². The van der Waals surface area contributed by atoms with E-state index in [1.807, 2.05) is 72.8 Å². The second-order valence-corrected chi connectivity index (χ2v) is 23.2. The van der Waals surface area contributed by atoms with Gasteiger partial charge in [0.2, 0.25) is 59.1 Å². The zero-order valence-electron chi connectivity index (χ0n) is 48.1. The monoisotopic (exact) mass is 1150 g/mol. The molecule has 0 spiro atoms. The Balaban J connectivity index is 1.06. The van der Waals surface area contributed by atoms with Crippen LogP contribution in [0, 0.1) is 5.92 Å². The highest BCUT2D eigenvalue weighted by molar-refractivity contribution is 6.00. The molecule has 5 aliphatic rings. The van der Waals surface area contributed by atoms with E-state index in [2.05, 4.69) is 31.9 Å². The Morgan fingerprint density at radius 3 is 1.04 bits per heavy atom. The molecule has 10 amide bonds. The molecule has 0 radical (unpaired) electrons. The van der Waals surface area contributed by atoms with Crippen molar-refractivity contribution < 1.29 is 47.9 Å². The normalized spacial score (nSPS) is 27.4. The Hall–Kier alpha value is -8.42. The summed E-state index contributed by atoms with van der Waals surface area (Å²) in [7, 11) is 0. The van der Waals surface area contributed by atoms with Gasteiger partial charge < -0.3 is 51.5 Å². The minimum Gasteiger partial charge on any atom is -0.343 e. The summed E-state index contributed by atoms with van der Waals surface area (Å²) < 4.78 is 0. The predicted molar refractivity (Wildman–Crippen MR) is 312 cm³/mol. The summed E-state index contributed by atoms with van der Waals surface area (Å²) in [5.41, 5.74) is 2.84. The lowest BCUT2D eigenvalue weighted by atomic mass is 9.99. The summed E-state index contributed by atoms with van der Waals surface area (Å²) in [5, 5.41) is 17.4. The van der Waals surface area contributed by atoms with Gasteiger partial charge in [-0.1, -0.05) is 135 Å². The first-order chi connectivity index (χ1) is 40.5. The molecule has 6 N–H and O–H groups in total. The molecule has 84 heavy (non-hydrogen) atoms. The average Bonchev–Trinajstić information content (AvgIpc) is 4.23. The van der Waals surface area contributed by atoms with Crippen molar-refractivity contribution in [3.8, 4) is 0 Å². The molecule has 5 aliphatic heterocycles. The van der Waals surface area contributed by atoms with Gasteiger partial charge in [-0.2, -0.15) is 0 Å². The van der Waals surface area contributed by atoms with Crippen LogP contribution in [0.4, 0.5) is 0 Å². The fourth-order valence-electron chi connectivity index (χ4n) is 12.4. The fraction of sp³-hybridized carbons (Fsp3) is 0.469. The van der Waals surface area contributed by atoms with Crippen molar-refractivity contribution in [2.75, 3.05) is 26.2 Å². The molecule has 10 unspecified atom stereocenters. The van der Waals surface area contributed by atoms with Crippen LogP contribution in [0.5, 0.6) is 0 Å². The minimum absolute atomic E-state index is 0.0125. The Morgan fingerprint density at radius 2 is 0.643 bits per heavy atom. The van der Waals surface area contributed by atoms with E-state index < -0.39 is 125 Å². The summed E-state index contributed by atoms with van der Waals surface area (Å²) >= 11 is 0. The van der Waals surface area contributed by atoms with E-state index in [4.69, 9.17) is 0 Å². The second-order valence-electron chi connectivity index (χ2n) is 23.2. The van der Waals surface area contributed by atoms with Gasteiger partial charge in [0, 0.05) is 51.9 Å². The van der Waals surface area contributed by atoms with Crippen molar-refractivity contribution in [2.45, 2.75) is 158 Å². The second kappa shape index (κ2) is 27.8. The molecule has 4 aromatic rings. The van der Waals surface area contributed by atoms with Crippen LogP contribution in [0.2, 0.25) is 0 Å². The summed E-state index contributed by atoms with van der Waals surface area (Å²) in [6.45, 7) is 5.85. The van der Waals surface area contributed by atoms with E-state index in [9.17, 15) is 43.2 Å². The highest BCUT2D eigenvalue weighted by atomic mass is 16.2. The van der Waals surface area contributed by atoms with Crippen LogP contribution in [0.1, 0.15) is 94.4 Å². The Kier molecular flexibility index (Phi) is 19.9. The van der Waals surface area contributed by atoms with Crippen LogP contribution in [0.3, 0.4) is 0 Å². The number of fused-ring (bicyclic) bond motifs is 4. The Bertz CT molecular complexity index is 3020. The maximum Gasteiger partial charge on any atom is 0.246 e. The number of hydrogen-bond acceptors (Lipinski definition) is 10. The molecule has 5 heterocycles. The third-order valence-electron chi connectivity index (χ3n) is 16.9. The predicted octanol–water partition coefficient (Wildman–Crippen LogP) is 2.52. The number of rotatable bonds is 9. The fourth-order valence-corrected chi connectivity index (χ4v) is 12.4. The van der Waals surface area contributed by atoms with Gasteiger partial charge in [0.25, 0.3) is 0 Å². The maximum absolute atomic E-state index is 15.1. The average molecular weight is 1150 g/mol. The van der Waals surface area contributed by atoms with Gasteiger partial charge in [0.1, 0.15) is 60.4 Å². The van der Waals surface area contributed by atoms with E-state index in [-0.39, 0.29) is 64.7 Å². The van der Waals surface area contributed by atoms with Crippen molar-refractivity contribution >= 4 is 59.1 Å². The van der Waals surface area contributed by atoms with Crippen LogP contribution >= 0.6 is 0 Å². The SMILES string of the molecule is CC1NC(=O)C2CCCN2C(=O)C2CCCN2C(=O)C(C(C)C)NC(=O)C(Cc2ccccc2)NC(=O)C(Cc2ccccc2)NC(=O)C2CCCN2C(=O)C2CCCN2C(=O)C(Cc2ccccc2)NC(=O)C(Cc2ccccc2)NC1=O. The van der Waals surface area contributed by atoms with E-state index in [1.54, 1.807) is 62.4 Å². The van der Waals surface area contributed by atoms with Crippen LogP contribution in [-0.2, 0) is 73.6 Å². The molecule has 0 saturated carbocycles. The van der Waals surface area contributed by atoms with Crippen molar-refractivity contribution in [3.63, 3.8) is 0 Å². The molecule has 9 rings (SSSR count). The molecular formula is C64H78N10O10. The minimum atomic E-state index is -1.26. The number of benzene rings is 4. The molecule has 20 nitrogen and oxygen atoms in total. The first-order valence-corrected chi connectivity index (χ1v) is 29.7. The number of hydrogen-bond donors (Lipinski definition) is 6. The quantitative estimate of drug-likeness (QED) is 0.143. The van der Waals surface area contributed by atoms with Gasteiger partial charge >= 0.3 is 0 Å². The molecule has 5 saturated heterocycles. The lowest BCUT2D eigenvalue weighted by Gasteiger charge is -2.35. The van der Waals surface area contributed by atoms with Gasteiger partial charge in [-0.3, -0.25) is 47.9 Å². The zero-order valence-corrected chi connectivity index (χ0v) is 48.1. The summed E-state index contributed by atoms with van der Waals surface area (Å²) in [4.78, 5) is 153. The van der Waals surface area contributed by atoms with Gasteiger partial charge in [0.05, 0.1) is 0 Å². The third-order valence-corrected chi connectivity index (χ3v) is 16.9. The molecule has 20 heteroatoms. The molecule has 0 aromatic heterocycles. The van der Waals surface area contributed by atoms with Gasteiger partial charge in [0.15, 0.2) is 0 Å². The largest absolute Gasteiger partial charge is 0.343 e. The van der Waals surface area contributed by atoms with E-state index in [0.29, 0.717) is 55.2 Å². The van der Waals surface area contributed by atoms with Crippen molar-refractivity contribution in [1.29, 1.82) is 0 Å².